The van der Waals surface area contributed by atoms with Gasteiger partial charge in [-0.15, -0.1) is 0 Å². The molecule has 1 aliphatic carbocycles. The first-order valence-electron chi connectivity index (χ1n) is 8.06. The van der Waals surface area contributed by atoms with Crippen LogP contribution in [-0.2, 0) is 5.41 Å². The molecule has 1 aromatic carbocycles. The summed E-state index contributed by atoms with van der Waals surface area (Å²) in [6.45, 7) is 17.4. The standard InChI is InChI=1S/C19H31N/c1-12-13(2)15(4)18(16(5)14(12)3)19(6,7)10-11-20-17-8-9-17/h17,20H,8-11H2,1-7H3. The number of hydrogen-bond acceptors (Lipinski definition) is 1. The van der Waals surface area contributed by atoms with E-state index in [1.807, 2.05) is 0 Å². The first-order valence-corrected chi connectivity index (χ1v) is 8.06. The molecule has 0 radical (unpaired) electrons. The zero-order valence-electron chi connectivity index (χ0n) is 14.4. The second kappa shape index (κ2) is 5.52. The molecule has 1 saturated carbocycles. The van der Waals surface area contributed by atoms with Crippen LogP contribution in [0.4, 0.5) is 0 Å². The summed E-state index contributed by atoms with van der Waals surface area (Å²) in [5.74, 6) is 0. The SMILES string of the molecule is Cc1c(C)c(C)c(C(C)(C)CCNC2CC2)c(C)c1C. The number of rotatable bonds is 5. The van der Waals surface area contributed by atoms with Crippen molar-refractivity contribution in [3.63, 3.8) is 0 Å². The molecule has 20 heavy (non-hydrogen) atoms. The van der Waals surface area contributed by atoms with Gasteiger partial charge in [0.15, 0.2) is 0 Å². The minimum absolute atomic E-state index is 0.249. The summed E-state index contributed by atoms with van der Waals surface area (Å²) in [5.41, 5.74) is 9.26. The lowest BCUT2D eigenvalue weighted by Crippen LogP contribution is -2.28. The lowest BCUT2D eigenvalue weighted by atomic mass is 9.74. The summed E-state index contributed by atoms with van der Waals surface area (Å²) in [6.07, 6.45) is 3.97. The average molecular weight is 273 g/mol. The van der Waals surface area contributed by atoms with E-state index in [0.29, 0.717) is 0 Å². The van der Waals surface area contributed by atoms with Gasteiger partial charge in [0.25, 0.3) is 0 Å². The molecule has 1 heteroatoms. The Balaban J connectivity index is 2.29. The molecule has 1 aliphatic rings. The molecule has 112 valence electrons. The van der Waals surface area contributed by atoms with E-state index in [9.17, 15) is 0 Å². The summed E-state index contributed by atoms with van der Waals surface area (Å²) < 4.78 is 0. The van der Waals surface area contributed by atoms with Crippen molar-refractivity contribution in [2.75, 3.05) is 6.54 Å². The summed E-state index contributed by atoms with van der Waals surface area (Å²) in [5, 5.41) is 3.66. The van der Waals surface area contributed by atoms with Gasteiger partial charge in [-0.25, -0.2) is 0 Å². The van der Waals surface area contributed by atoms with E-state index in [-0.39, 0.29) is 5.41 Å². The van der Waals surface area contributed by atoms with Gasteiger partial charge in [-0.1, -0.05) is 13.8 Å². The average Bonchev–Trinajstić information content (AvgIpc) is 3.18. The normalized spacial score (nSPS) is 15.8. The van der Waals surface area contributed by atoms with Crippen molar-refractivity contribution >= 4 is 0 Å². The molecule has 1 nitrogen and oxygen atoms in total. The van der Waals surface area contributed by atoms with Crippen molar-refractivity contribution < 1.29 is 0 Å². The third-order valence-corrected chi connectivity index (χ3v) is 5.44. The van der Waals surface area contributed by atoms with E-state index in [2.05, 4.69) is 53.8 Å². The van der Waals surface area contributed by atoms with Gasteiger partial charge in [0.05, 0.1) is 0 Å². The van der Waals surface area contributed by atoms with Crippen molar-refractivity contribution in [2.45, 2.75) is 79.2 Å². The van der Waals surface area contributed by atoms with Crippen LogP contribution in [0.1, 0.15) is 66.5 Å². The molecule has 0 spiro atoms. The van der Waals surface area contributed by atoms with Gasteiger partial charge >= 0.3 is 0 Å². The van der Waals surface area contributed by atoms with Crippen LogP contribution in [-0.4, -0.2) is 12.6 Å². The maximum Gasteiger partial charge on any atom is 0.00682 e. The molecule has 0 bridgehead atoms. The van der Waals surface area contributed by atoms with Crippen LogP contribution in [0.5, 0.6) is 0 Å². The molecular formula is C19H31N. The molecule has 0 saturated heterocycles. The highest BCUT2D eigenvalue weighted by Crippen LogP contribution is 2.37. The van der Waals surface area contributed by atoms with Crippen LogP contribution in [0.2, 0.25) is 0 Å². The lowest BCUT2D eigenvalue weighted by Gasteiger charge is -2.32. The van der Waals surface area contributed by atoms with E-state index in [0.717, 1.165) is 12.6 Å². The number of benzene rings is 1. The monoisotopic (exact) mass is 273 g/mol. The Hall–Kier alpha value is -0.820. The van der Waals surface area contributed by atoms with Gasteiger partial charge < -0.3 is 5.32 Å². The number of hydrogen-bond donors (Lipinski definition) is 1. The highest BCUT2D eigenvalue weighted by Gasteiger charge is 2.28. The van der Waals surface area contributed by atoms with E-state index in [4.69, 9.17) is 0 Å². The summed E-state index contributed by atoms with van der Waals surface area (Å²) in [4.78, 5) is 0. The molecule has 1 aromatic rings. The molecule has 2 rings (SSSR count). The molecule has 0 heterocycles. The van der Waals surface area contributed by atoms with Gasteiger partial charge in [0.2, 0.25) is 0 Å². The van der Waals surface area contributed by atoms with Crippen LogP contribution in [0.25, 0.3) is 0 Å². The fraction of sp³-hybridized carbons (Fsp3) is 0.684. The van der Waals surface area contributed by atoms with E-state index < -0.39 is 0 Å². The summed E-state index contributed by atoms with van der Waals surface area (Å²) in [7, 11) is 0. The van der Waals surface area contributed by atoms with E-state index in [1.54, 1.807) is 5.56 Å². The predicted molar refractivity (Wildman–Crippen MR) is 88.8 cm³/mol. The van der Waals surface area contributed by atoms with Gasteiger partial charge in [-0.2, -0.15) is 0 Å². The van der Waals surface area contributed by atoms with Crippen molar-refractivity contribution in [3.05, 3.63) is 33.4 Å². The Morgan fingerprint density at radius 1 is 0.850 bits per heavy atom. The van der Waals surface area contributed by atoms with Gasteiger partial charge in [-0.05, 0) is 99.2 Å². The lowest BCUT2D eigenvalue weighted by molar-refractivity contribution is 0.451. The number of nitrogens with one attached hydrogen (secondary N) is 1. The maximum atomic E-state index is 3.66. The third kappa shape index (κ3) is 2.93. The summed E-state index contributed by atoms with van der Waals surface area (Å²) in [6, 6.07) is 0.814. The van der Waals surface area contributed by atoms with Gasteiger partial charge in [-0.3, -0.25) is 0 Å². The van der Waals surface area contributed by atoms with Crippen molar-refractivity contribution in [3.8, 4) is 0 Å². The fourth-order valence-electron chi connectivity index (χ4n) is 3.52. The van der Waals surface area contributed by atoms with Crippen LogP contribution >= 0.6 is 0 Å². The molecule has 1 fully saturated rings. The topological polar surface area (TPSA) is 12.0 Å². The quantitative estimate of drug-likeness (QED) is 0.823. The Morgan fingerprint density at radius 3 is 1.75 bits per heavy atom. The Bertz CT molecular complexity index is 478. The first-order chi connectivity index (χ1) is 9.25. The molecule has 0 aromatic heterocycles. The Kier molecular flexibility index (Phi) is 4.30. The highest BCUT2D eigenvalue weighted by atomic mass is 14.9. The van der Waals surface area contributed by atoms with Crippen LogP contribution in [0.3, 0.4) is 0 Å². The largest absolute Gasteiger partial charge is 0.314 e. The van der Waals surface area contributed by atoms with Crippen LogP contribution in [0, 0.1) is 34.6 Å². The van der Waals surface area contributed by atoms with Crippen molar-refractivity contribution in [1.82, 2.24) is 5.32 Å². The summed E-state index contributed by atoms with van der Waals surface area (Å²) >= 11 is 0. The first kappa shape index (κ1) is 15.6. The van der Waals surface area contributed by atoms with Crippen LogP contribution < -0.4 is 5.32 Å². The van der Waals surface area contributed by atoms with E-state index >= 15 is 0 Å². The second-order valence-corrected chi connectivity index (χ2v) is 7.36. The molecule has 0 aliphatic heterocycles. The van der Waals surface area contributed by atoms with Crippen molar-refractivity contribution in [2.24, 2.45) is 0 Å². The Morgan fingerprint density at radius 2 is 1.30 bits per heavy atom. The molecule has 1 N–H and O–H groups in total. The molecule has 0 amide bonds. The molecule has 0 atom stereocenters. The molecular weight excluding hydrogens is 242 g/mol. The third-order valence-electron chi connectivity index (χ3n) is 5.44. The minimum Gasteiger partial charge on any atom is -0.314 e. The zero-order chi connectivity index (χ0) is 15.1. The predicted octanol–water partition coefficient (Wildman–Crippen LogP) is 4.65. The molecule has 0 unspecified atom stereocenters. The minimum atomic E-state index is 0.249. The maximum absolute atomic E-state index is 3.66. The fourth-order valence-corrected chi connectivity index (χ4v) is 3.52. The second-order valence-electron chi connectivity index (χ2n) is 7.36. The van der Waals surface area contributed by atoms with Crippen molar-refractivity contribution in [1.29, 1.82) is 0 Å². The van der Waals surface area contributed by atoms with Gasteiger partial charge in [0, 0.05) is 6.04 Å². The van der Waals surface area contributed by atoms with E-state index in [1.165, 1.54) is 47.1 Å². The smallest absolute Gasteiger partial charge is 0.00682 e. The van der Waals surface area contributed by atoms with Crippen LogP contribution in [0.15, 0.2) is 0 Å². The zero-order valence-corrected chi connectivity index (χ0v) is 14.4. The Labute approximate surface area is 125 Å². The highest BCUT2D eigenvalue weighted by molar-refractivity contribution is 5.52. The van der Waals surface area contributed by atoms with Gasteiger partial charge in [0.1, 0.15) is 0 Å².